The molecular formula is C17H18FNO. The van der Waals surface area contributed by atoms with Crippen LogP contribution in [0.2, 0.25) is 0 Å². The first-order chi connectivity index (χ1) is 9.72. The van der Waals surface area contributed by atoms with E-state index in [1.807, 2.05) is 6.07 Å². The summed E-state index contributed by atoms with van der Waals surface area (Å²) in [6.45, 7) is 0.377. The molecule has 0 heterocycles. The Hall–Kier alpha value is -1.87. The molecule has 20 heavy (non-hydrogen) atoms. The Morgan fingerprint density at radius 2 is 1.95 bits per heavy atom. The van der Waals surface area contributed by atoms with E-state index in [-0.39, 0.29) is 5.82 Å². The molecule has 0 saturated heterocycles. The number of hydrogen-bond acceptors (Lipinski definition) is 2. The second-order valence-electron chi connectivity index (χ2n) is 5.29. The highest BCUT2D eigenvalue weighted by Crippen LogP contribution is 2.25. The normalized spacial score (nSPS) is 14.9. The minimum absolute atomic E-state index is 0.276. The highest BCUT2D eigenvalue weighted by atomic mass is 19.1. The van der Waals surface area contributed by atoms with Gasteiger partial charge in [0.05, 0.1) is 6.10 Å². The molecule has 104 valence electrons. The SMILES string of the molecule is OC(CNc1cccc(F)c1)c1ccc2c(c1)CCC2. The average molecular weight is 271 g/mol. The molecule has 2 N–H and O–H groups in total. The van der Waals surface area contributed by atoms with Gasteiger partial charge in [-0.05, 0) is 54.2 Å². The van der Waals surface area contributed by atoms with Crippen LogP contribution >= 0.6 is 0 Å². The maximum atomic E-state index is 13.1. The molecule has 0 saturated carbocycles. The Balaban J connectivity index is 1.66. The van der Waals surface area contributed by atoms with Crippen LogP contribution in [0.4, 0.5) is 10.1 Å². The molecule has 0 spiro atoms. The highest BCUT2D eigenvalue weighted by Gasteiger charge is 2.14. The van der Waals surface area contributed by atoms with Crippen molar-refractivity contribution in [2.24, 2.45) is 0 Å². The van der Waals surface area contributed by atoms with Crippen LogP contribution in [0, 0.1) is 5.82 Å². The third-order valence-corrected chi connectivity index (χ3v) is 3.83. The second kappa shape index (κ2) is 5.63. The molecule has 2 nitrogen and oxygen atoms in total. The van der Waals surface area contributed by atoms with Gasteiger partial charge in [0.15, 0.2) is 0 Å². The lowest BCUT2D eigenvalue weighted by Crippen LogP contribution is -2.12. The van der Waals surface area contributed by atoms with E-state index in [1.165, 1.54) is 29.7 Å². The first-order valence-electron chi connectivity index (χ1n) is 7.01. The van der Waals surface area contributed by atoms with E-state index in [9.17, 15) is 9.50 Å². The van der Waals surface area contributed by atoms with Crippen molar-refractivity contribution in [1.29, 1.82) is 0 Å². The minimum Gasteiger partial charge on any atom is -0.387 e. The summed E-state index contributed by atoms with van der Waals surface area (Å²) >= 11 is 0. The van der Waals surface area contributed by atoms with Gasteiger partial charge in [-0.2, -0.15) is 0 Å². The Kier molecular flexibility index (Phi) is 3.70. The Labute approximate surface area is 118 Å². The molecule has 3 rings (SSSR count). The van der Waals surface area contributed by atoms with E-state index in [0.29, 0.717) is 12.2 Å². The molecule has 0 aromatic heterocycles. The van der Waals surface area contributed by atoms with Crippen molar-refractivity contribution in [2.45, 2.75) is 25.4 Å². The maximum absolute atomic E-state index is 13.1. The largest absolute Gasteiger partial charge is 0.387 e. The summed E-state index contributed by atoms with van der Waals surface area (Å²) in [7, 11) is 0. The predicted molar refractivity (Wildman–Crippen MR) is 78.3 cm³/mol. The van der Waals surface area contributed by atoms with Crippen molar-refractivity contribution in [3.8, 4) is 0 Å². The fraction of sp³-hybridized carbons (Fsp3) is 0.294. The van der Waals surface area contributed by atoms with E-state index in [0.717, 1.165) is 18.4 Å². The van der Waals surface area contributed by atoms with Crippen molar-refractivity contribution in [2.75, 3.05) is 11.9 Å². The zero-order valence-electron chi connectivity index (χ0n) is 11.3. The van der Waals surface area contributed by atoms with Gasteiger partial charge in [-0.1, -0.05) is 24.3 Å². The molecule has 1 atom stereocenters. The standard InChI is InChI=1S/C17H18FNO/c18-15-5-2-6-16(10-15)19-11-17(20)14-8-7-12-3-1-4-13(12)9-14/h2,5-10,17,19-20H,1,3-4,11H2. The number of rotatable bonds is 4. The molecule has 1 aliphatic carbocycles. The van der Waals surface area contributed by atoms with Gasteiger partial charge in [-0.3, -0.25) is 0 Å². The van der Waals surface area contributed by atoms with Gasteiger partial charge >= 0.3 is 0 Å². The Bertz CT molecular complexity index is 612. The third-order valence-electron chi connectivity index (χ3n) is 3.83. The van der Waals surface area contributed by atoms with Crippen molar-refractivity contribution in [3.63, 3.8) is 0 Å². The lowest BCUT2D eigenvalue weighted by atomic mass is 10.0. The van der Waals surface area contributed by atoms with Crippen molar-refractivity contribution >= 4 is 5.69 Å². The van der Waals surface area contributed by atoms with E-state index in [4.69, 9.17) is 0 Å². The van der Waals surface area contributed by atoms with Gasteiger partial charge in [-0.15, -0.1) is 0 Å². The smallest absolute Gasteiger partial charge is 0.125 e. The number of anilines is 1. The number of fused-ring (bicyclic) bond motifs is 1. The van der Waals surface area contributed by atoms with E-state index >= 15 is 0 Å². The van der Waals surface area contributed by atoms with Crippen LogP contribution < -0.4 is 5.32 Å². The summed E-state index contributed by atoms with van der Waals surface area (Å²) in [5, 5.41) is 13.3. The lowest BCUT2D eigenvalue weighted by Gasteiger charge is -2.14. The van der Waals surface area contributed by atoms with Gasteiger partial charge in [0, 0.05) is 12.2 Å². The molecule has 0 radical (unpaired) electrons. The highest BCUT2D eigenvalue weighted by molar-refractivity contribution is 5.44. The van der Waals surface area contributed by atoms with Crippen molar-refractivity contribution in [1.82, 2.24) is 0 Å². The zero-order chi connectivity index (χ0) is 13.9. The fourth-order valence-electron chi connectivity index (χ4n) is 2.73. The van der Waals surface area contributed by atoms with E-state index < -0.39 is 6.10 Å². The fourth-order valence-corrected chi connectivity index (χ4v) is 2.73. The number of aliphatic hydroxyl groups is 1. The number of nitrogens with one attached hydrogen (secondary N) is 1. The van der Waals surface area contributed by atoms with Crippen LogP contribution in [0.5, 0.6) is 0 Å². The van der Waals surface area contributed by atoms with E-state index in [1.54, 1.807) is 12.1 Å². The van der Waals surface area contributed by atoms with Gasteiger partial charge in [0.25, 0.3) is 0 Å². The molecule has 0 amide bonds. The third kappa shape index (κ3) is 2.83. The summed E-state index contributed by atoms with van der Waals surface area (Å²) in [6, 6.07) is 12.5. The molecule has 1 unspecified atom stereocenters. The van der Waals surface area contributed by atoms with E-state index in [2.05, 4.69) is 17.4 Å². The summed E-state index contributed by atoms with van der Waals surface area (Å²) < 4.78 is 13.1. The predicted octanol–water partition coefficient (Wildman–Crippen LogP) is 3.46. The second-order valence-corrected chi connectivity index (χ2v) is 5.29. The molecule has 2 aromatic rings. The van der Waals surface area contributed by atoms with Crippen LogP contribution in [0.25, 0.3) is 0 Å². The first kappa shape index (κ1) is 13.1. The molecule has 0 aliphatic heterocycles. The number of halogens is 1. The van der Waals surface area contributed by atoms with Crippen LogP contribution in [0.15, 0.2) is 42.5 Å². The Morgan fingerprint density at radius 3 is 2.80 bits per heavy atom. The molecule has 1 aliphatic rings. The quantitative estimate of drug-likeness (QED) is 0.892. The summed E-state index contributed by atoms with van der Waals surface area (Å²) in [4.78, 5) is 0. The Morgan fingerprint density at radius 1 is 1.10 bits per heavy atom. The molecule has 2 aromatic carbocycles. The molecule has 0 bridgehead atoms. The van der Waals surface area contributed by atoms with Gasteiger partial charge in [0.1, 0.15) is 5.82 Å². The maximum Gasteiger partial charge on any atom is 0.125 e. The molecule has 0 fully saturated rings. The number of aryl methyl sites for hydroxylation is 2. The number of hydrogen-bond donors (Lipinski definition) is 2. The average Bonchev–Trinajstić information content (AvgIpc) is 2.92. The summed E-state index contributed by atoms with van der Waals surface area (Å²) in [6.07, 6.45) is 2.88. The van der Waals surface area contributed by atoms with Gasteiger partial charge < -0.3 is 10.4 Å². The van der Waals surface area contributed by atoms with Crippen molar-refractivity contribution in [3.05, 3.63) is 65.0 Å². The molecule has 3 heteroatoms. The van der Waals surface area contributed by atoms with Gasteiger partial charge in [-0.25, -0.2) is 4.39 Å². The molecular weight excluding hydrogens is 253 g/mol. The van der Waals surface area contributed by atoms with Crippen LogP contribution in [-0.2, 0) is 12.8 Å². The first-order valence-corrected chi connectivity index (χ1v) is 7.01. The van der Waals surface area contributed by atoms with Gasteiger partial charge in [0.2, 0.25) is 0 Å². The summed E-state index contributed by atoms with van der Waals surface area (Å²) in [5.41, 5.74) is 4.37. The monoisotopic (exact) mass is 271 g/mol. The zero-order valence-corrected chi connectivity index (χ0v) is 11.3. The topological polar surface area (TPSA) is 32.3 Å². The van der Waals surface area contributed by atoms with Crippen LogP contribution in [-0.4, -0.2) is 11.7 Å². The number of benzene rings is 2. The summed E-state index contributed by atoms with van der Waals surface area (Å²) in [5.74, 6) is -0.276. The van der Waals surface area contributed by atoms with Crippen molar-refractivity contribution < 1.29 is 9.50 Å². The van der Waals surface area contributed by atoms with Crippen LogP contribution in [0.1, 0.15) is 29.2 Å². The minimum atomic E-state index is -0.579. The number of aliphatic hydroxyl groups excluding tert-OH is 1. The lowest BCUT2D eigenvalue weighted by molar-refractivity contribution is 0.191. The van der Waals surface area contributed by atoms with Crippen LogP contribution in [0.3, 0.4) is 0 Å².